The fourth-order valence-corrected chi connectivity index (χ4v) is 0.968. The molecule has 0 fully saturated rings. The minimum Gasteiger partial charge on any atom is -0.450 e. The quantitative estimate of drug-likeness (QED) is 0.659. The lowest BCUT2D eigenvalue weighted by Crippen LogP contribution is -2.18. The van der Waals surface area contributed by atoms with Crippen molar-refractivity contribution in [2.75, 3.05) is 0 Å². The lowest BCUT2D eigenvalue weighted by atomic mass is 10.1. The Morgan fingerprint density at radius 3 is 1.83 bits per heavy atom. The highest BCUT2D eigenvalue weighted by Crippen LogP contribution is 2.04. The molecule has 0 amide bonds. The van der Waals surface area contributed by atoms with Crippen molar-refractivity contribution in [1.82, 2.24) is 0 Å². The summed E-state index contributed by atoms with van der Waals surface area (Å²) in [6, 6.07) is 9.23. The molecule has 0 saturated carbocycles. The molecule has 0 aliphatic heterocycles. The molecule has 1 unspecified atom stereocenters. The van der Waals surface area contributed by atoms with Gasteiger partial charge in [0.25, 0.3) is 0 Å². The first-order chi connectivity index (χ1) is 8.34. The van der Waals surface area contributed by atoms with Crippen LogP contribution < -0.4 is 0 Å². The zero-order valence-corrected chi connectivity index (χ0v) is 11.2. The van der Waals surface area contributed by atoms with E-state index in [0.29, 0.717) is 0 Å². The van der Waals surface area contributed by atoms with Crippen molar-refractivity contribution in [1.29, 1.82) is 0 Å². The normalized spacial score (nSPS) is 11.2. The van der Waals surface area contributed by atoms with E-state index >= 15 is 0 Å². The van der Waals surface area contributed by atoms with Gasteiger partial charge >= 0.3 is 6.16 Å². The standard InChI is InChI=1S/C8H8O.C6H12O3/c1-7(9)8-5-3-2-4-6-8;1-4(2)5(3)9-6(7)8/h2-6H,1H3;4-5H,1-3H3,(H,7,8). The van der Waals surface area contributed by atoms with Gasteiger partial charge in [-0.05, 0) is 19.8 Å². The molecule has 18 heavy (non-hydrogen) atoms. The Balaban J connectivity index is 0.000000321. The number of carbonyl (C=O) groups is 2. The van der Waals surface area contributed by atoms with E-state index in [1.807, 2.05) is 44.2 Å². The number of carboxylic acid groups (broad SMARTS) is 1. The topological polar surface area (TPSA) is 63.6 Å². The average Bonchev–Trinajstić information content (AvgIpc) is 2.30. The molecule has 1 aromatic rings. The van der Waals surface area contributed by atoms with Gasteiger partial charge in [0.2, 0.25) is 0 Å². The first kappa shape index (κ1) is 16.2. The molecule has 1 atom stereocenters. The molecule has 0 radical (unpaired) electrons. The fourth-order valence-electron chi connectivity index (χ4n) is 0.968. The van der Waals surface area contributed by atoms with Gasteiger partial charge in [0.1, 0.15) is 6.10 Å². The number of benzene rings is 1. The summed E-state index contributed by atoms with van der Waals surface area (Å²) in [7, 11) is 0. The molecule has 0 bridgehead atoms. The largest absolute Gasteiger partial charge is 0.506 e. The van der Waals surface area contributed by atoms with Crippen molar-refractivity contribution in [3.8, 4) is 0 Å². The van der Waals surface area contributed by atoms with E-state index in [4.69, 9.17) is 5.11 Å². The van der Waals surface area contributed by atoms with Crippen LogP contribution in [0.1, 0.15) is 38.1 Å². The van der Waals surface area contributed by atoms with Gasteiger partial charge in [0, 0.05) is 5.56 Å². The number of hydrogen-bond donors (Lipinski definition) is 1. The zero-order chi connectivity index (χ0) is 14.1. The number of carbonyl (C=O) groups excluding carboxylic acids is 1. The summed E-state index contributed by atoms with van der Waals surface area (Å²) < 4.78 is 4.43. The van der Waals surface area contributed by atoms with Gasteiger partial charge in [-0.1, -0.05) is 44.2 Å². The van der Waals surface area contributed by atoms with Crippen LogP contribution in [0.3, 0.4) is 0 Å². The predicted molar refractivity (Wildman–Crippen MR) is 69.9 cm³/mol. The third-order valence-corrected chi connectivity index (χ3v) is 2.41. The maximum atomic E-state index is 10.6. The maximum Gasteiger partial charge on any atom is 0.506 e. The van der Waals surface area contributed by atoms with Gasteiger partial charge in [-0.3, -0.25) is 4.79 Å². The SMILES string of the molecule is CC(=O)c1ccccc1.CC(C)C(C)OC(=O)O. The Morgan fingerprint density at radius 2 is 1.61 bits per heavy atom. The van der Waals surface area contributed by atoms with E-state index in [-0.39, 0.29) is 17.8 Å². The Kier molecular flexibility index (Phi) is 7.43. The highest BCUT2D eigenvalue weighted by atomic mass is 16.7. The summed E-state index contributed by atoms with van der Waals surface area (Å²) in [5.74, 6) is 0.372. The first-order valence-electron chi connectivity index (χ1n) is 5.80. The molecule has 4 heteroatoms. The predicted octanol–water partition coefficient (Wildman–Crippen LogP) is 3.61. The molecule has 1 rings (SSSR count). The summed E-state index contributed by atoms with van der Waals surface area (Å²) in [6.45, 7) is 7.12. The van der Waals surface area contributed by atoms with Crippen molar-refractivity contribution in [2.24, 2.45) is 5.92 Å². The highest BCUT2D eigenvalue weighted by molar-refractivity contribution is 5.93. The lowest BCUT2D eigenvalue weighted by molar-refractivity contribution is 0.0405. The number of Topliss-reactive ketones (excluding diaryl/α,β-unsaturated/α-hetero) is 1. The summed E-state index contributed by atoms with van der Waals surface area (Å²) in [4.78, 5) is 20.5. The zero-order valence-electron chi connectivity index (χ0n) is 11.2. The van der Waals surface area contributed by atoms with E-state index < -0.39 is 6.16 Å². The molecule has 0 aliphatic carbocycles. The monoisotopic (exact) mass is 252 g/mol. The number of ether oxygens (including phenoxy) is 1. The van der Waals surface area contributed by atoms with E-state index in [2.05, 4.69) is 4.74 Å². The highest BCUT2D eigenvalue weighted by Gasteiger charge is 2.10. The van der Waals surface area contributed by atoms with Crippen molar-refractivity contribution < 1.29 is 19.4 Å². The summed E-state index contributed by atoms with van der Waals surface area (Å²) >= 11 is 0. The molecule has 0 heterocycles. The molecule has 0 saturated heterocycles. The molecule has 1 N–H and O–H groups in total. The van der Waals surface area contributed by atoms with Crippen LogP contribution in [0, 0.1) is 5.92 Å². The van der Waals surface area contributed by atoms with E-state index in [1.165, 1.54) is 0 Å². The second-order valence-corrected chi connectivity index (χ2v) is 4.26. The van der Waals surface area contributed by atoms with Gasteiger partial charge in [0.15, 0.2) is 5.78 Å². The third-order valence-electron chi connectivity index (χ3n) is 2.41. The van der Waals surface area contributed by atoms with Crippen LogP contribution in [0.25, 0.3) is 0 Å². The summed E-state index contributed by atoms with van der Waals surface area (Å²) in [5, 5.41) is 8.11. The van der Waals surface area contributed by atoms with E-state index in [0.717, 1.165) is 5.56 Å². The second-order valence-electron chi connectivity index (χ2n) is 4.26. The number of hydrogen-bond acceptors (Lipinski definition) is 3. The van der Waals surface area contributed by atoms with Crippen LogP contribution in [0.2, 0.25) is 0 Å². The van der Waals surface area contributed by atoms with Crippen LogP contribution in [-0.2, 0) is 4.74 Å². The lowest BCUT2D eigenvalue weighted by Gasteiger charge is -2.12. The van der Waals surface area contributed by atoms with Crippen LogP contribution in [-0.4, -0.2) is 23.1 Å². The molecular weight excluding hydrogens is 232 g/mol. The van der Waals surface area contributed by atoms with Gasteiger partial charge in [0.05, 0.1) is 0 Å². The number of rotatable bonds is 3. The molecule has 0 aromatic heterocycles. The molecule has 0 aliphatic rings. The van der Waals surface area contributed by atoms with Crippen LogP contribution in [0.5, 0.6) is 0 Å². The summed E-state index contributed by atoms with van der Waals surface area (Å²) in [6.07, 6.45) is -1.40. The van der Waals surface area contributed by atoms with Crippen LogP contribution in [0.15, 0.2) is 30.3 Å². The van der Waals surface area contributed by atoms with E-state index in [9.17, 15) is 9.59 Å². The number of ketones is 1. The molecular formula is C14H20O4. The maximum absolute atomic E-state index is 10.6. The minimum atomic E-state index is -1.20. The van der Waals surface area contributed by atoms with Gasteiger partial charge in [-0.15, -0.1) is 0 Å². The Hall–Kier alpha value is -1.84. The second kappa shape index (κ2) is 8.28. The Labute approximate surface area is 108 Å². The van der Waals surface area contributed by atoms with Gasteiger partial charge < -0.3 is 9.84 Å². The Morgan fingerprint density at radius 1 is 1.11 bits per heavy atom. The minimum absolute atomic E-state index is 0.121. The van der Waals surface area contributed by atoms with Crippen molar-refractivity contribution in [2.45, 2.75) is 33.8 Å². The average molecular weight is 252 g/mol. The van der Waals surface area contributed by atoms with Crippen molar-refractivity contribution in [3.05, 3.63) is 35.9 Å². The van der Waals surface area contributed by atoms with Crippen molar-refractivity contribution >= 4 is 11.9 Å². The van der Waals surface area contributed by atoms with Crippen molar-refractivity contribution in [3.63, 3.8) is 0 Å². The summed E-state index contributed by atoms with van der Waals surface area (Å²) in [5.41, 5.74) is 0.775. The molecule has 0 spiro atoms. The van der Waals surface area contributed by atoms with Crippen LogP contribution >= 0.6 is 0 Å². The fraction of sp³-hybridized carbons (Fsp3) is 0.429. The Bertz CT molecular complexity index is 371. The molecule has 4 nitrogen and oxygen atoms in total. The molecule has 100 valence electrons. The van der Waals surface area contributed by atoms with E-state index in [1.54, 1.807) is 13.8 Å². The van der Waals surface area contributed by atoms with Gasteiger partial charge in [-0.25, -0.2) is 4.79 Å². The van der Waals surface area contributed by atoms with Gasteiger partial charge in [-0.2, -0.15) is 0 Å². The third kappa shape index (κ3) is 7.44. The van der Waals surface area contributed by atoms with Crippen LogP contribution in [0.4, 0.5) is 4.79 Å². The molecule has 1 aromatic carbocycles. The first-order valence-corrected chi connectivity index (χ1v) is 5.80. The smallest absolute Gasteiger partial charge is 0.450 e.